The molecule has 2 aromatic heterocycles. The Bertz CT molecular complexity index is 676. The van der Waals surface area contributed by atoms with Gasteiger partial charge in [0.25, 0.3) is 0 Å². The molecule has 98 valence electrons. The minimum Gasteiger partial charge on any atom is -0.444 e. The first kappa shape index (κ1) is 12.1. The summed E-state index contributed by atoms with van der Waals surface area (Å²) < 4.78 is 5.23. The Morgan fingerprint density at radius 1 is 1.00 bits per heavy atom. The van der Waals surface area contributed by atoms with Crippen molar-refractivity contribution in [3.05, 3.63) is 66.9 Å². The van der Waals surface area contributed by atoms with E-state index in [4.69, 9.17) is 4.42 Å². The predicted molar refractivity (Wildman–Crippen MR) is 77.4 cm³/mol. The van der Waals surface area contributed by atoms with Gasteiger partial charge >= 0.3 is 0 Å². The lowest BCUT2D eigenvalue weighted by atomic mass is 10.2. The van der Waals surface area contributed by atoms with Crippen LogP contribution in [0.1, 0.15) is 5.56 Å². The van der Waals surface area contributed by atoms with Gasteiger partial charge < -0.3 is 4.42 Å². The van der Waals surface area contributed by atoms with Gasteiger partial charge in [-0.1, -0.05) is 0 Å². The molecule has 0 aliphatic rings. The van der Waals surface area contributed by atoms with E-state index in [0.29, 0.717) is 0 Å². The van der Waals surface area contributed by atoms with Crippen LogP contribution in [-0.4, -0.2) is 16.2 Å². The molecule has 3 rings (SSSR count). The minimum absolute atomic E-state index is 0.747. The van der Waals surface area contributed by atoms with Crippen molar-refractivity contribution >= 4 is 11.9 Å². The number of anilines is 1. The van der Waals surface area contributed by atoms with Crippen molar-refractivity contribution in [2.45, 2.75) is 0 Å². The molecule has 0 unspecified atom stereocenters. The highest BCUT2D eigenvalue weighted by Gasteiger charge is 2.00. The molecule has 0 saturated heterocycles. The van der Waals surface area contributed by atoms with Gasteiger partial charge in [0, 0.05) is 18.0 Å². The molecule has 0 bridgehead atoms. The predicted octanol–water partition coefficient (Wildman–Crippen LogP) is 3.18. The zero-order chi connectivity index (χ0) is 13.6. The van der Waals surface area contributed by atoms with E-state index in [1.165, 1.54) is 6.39 Å². The van der Waals surface area contributed by atoms with Crippen molar-refractivity contribution in [2.75, 3.05) is 5.43 Å². The average Bonchev–Trinajstić information content (AvgIpc) is 3.03. The number of pyridine rings is 1. The lowest BCUT2D eigenvalue weighted by Gasteiger charge is -2.01. The van der Waals surface area contributed by atoms with Crippen LogP contribution in [-0.2, 0) is 0 Å². The van der Waals surface area contributed by atoms with Crippen LogP contribution in [0.3, 0.4) is 0 Å². The van der Waals surface area contributed by atoms with E-state index in [1.807, 2.05) is 36.4 Å². The summed E-state index contributed by atoms with van der Waals surface area (Å²) in [6.07, 6.45) is 8.30. The summed E-state index contributed by atoms with van der Waals surface area (Å²) in [6.45, 7) is 0. The Balaban J connectivity index is 1.65. The van der Waals surface area contributed by atoms with E-state index < -0.39 is 0 Å². The summed E-state index contributed by atoms with van der Waals surface area (Å²) in [5.74, 6) is 0.747. The number of oxazole rings is 1. The highest BCUT2D eigenvalue weighted by Crippen LogP contribution is 2.20. The third kappa shape index (κ3) is 2.89. The van der Waals surface area contributed by atoms with Gasteiger partial charge in [-0.3, -0.25) is 10.4 Å². The maximum absolute atomic E-state index is 5.23. The number of rotatable bonds is 4. The fourth-order valence-electron chi connectivity index (χ4n) is 1.70. The number of hydrogen-bond donors (Lipinski definition) is 1. The van der Waals surface area contributed by atoms with Crippen molar-refractivity contribution in [1.82, 2.24) is 9.97 Å². The highest BCUT2D eigenvalue weighted by molar-refractivity contribution is 5.79. The average molecular weight is 264 g/mol. The van der Waals surface area contributed by atoms with E-state index in [9.17, 15) is 0 Å². The second-order valence-electron chi connectivity index (χ2n) is 4.09. The van der Waals surface area contributed by atoms with Gasteiger partial charge in [-0.2, -0.15) is 5.10 Å². The van der Waals surface area contributed by atoms with Crippen molar-refractivity contribution in [3.63, 3.8) is 0 Å². The molecule has 1 aromatic carbocycles. The largest absolute Gasteiger partial charge is 0.444 e. The molecule has 0 saturated carbocycles. The Hall–Kier alpha value is -2.95. The zero-order valence-corrected chi connectivity index (χ0v) is 10.6. The fourth-order valence-corrected chi connectivity index (χ4v) is 1.70. The number of hydrazone groups is 1. The van der Waals surface area contributed by atoms with Gasteiger partial charge in [-0.05, 0) is 42.0 Å². The number of benzene rings is 1. The van der Waals surface area contributed by atoms with Crippen LogP contribution in [0.4, 0.5) is 5.69 Å². The quantitative estimate of drug-likeness (QED) is 0.580. The molecule has 0 amide bonds. The van der Waals surface area contributed by atoms with Gasteiger partial charge in [-0.25, -0.2) is 4.98 Å². The molecule has 3 aromatic rings. The summed E-state index contributed by atoms with van der Waals surface area (Å²) in [7, 11) is 0. The van der Waals surface area contributed by atoms with E-state index >= 15 is 0 Å². The number of nitrogens with one attached hydrogen (secondary N) is 1. The summed E-state index contributed by atoms with van der Waals surface area (Å²) >= 11 is 0. The number of aromatic nitrogens is 2. The molecule has 2 heterocycles. The lowest BCUT2D eigenvalue weighted by Crippen LogP contribution is -1.90. The minimum atomic E-state index is 0.747. The summed E-state index contributed by atoms with van der Waals surface area (Å²) in [5, 5.41) is 4.17. The SMILES string of the molecule is C(=N\Nc1ccc(-c2cnco2)cc1)/c1ccncc1. The Labute approximate surface area is 116 Å². The van der Waals surface area contributed by atoms with Crippen LogP contribution in [0.25, 0.3) is 11.3 Å². The third-order valence-electron chi connectivity index (χ3n) is 2.72. The molecule has 20 heavy (non-hydrogen) atoms. The highest BCUT2D eigenvalue weighted by atomic mass is 16.3. The standard InChI is InChI=1S/C15H12N4O/c1-3-14(4-2-13(1)15-10-17-11-20-15)19-18-9-12-5-7-16-8-6-12/h1-11,19H/b18-9+. The van der Waals surface area contributed by atoms with Gasteiger partial charge in [0.1, 0.15) is 0 Å². The maximum Gasteiger partial charge on any atom is 0.181 e. The molecular weight excluding hydrogens is 252 g/mol. The molecular formula is C15H12N4O. The second kappa shape index (κ2) is 5.79. The van der Waals surface area contributed by atoms with Crippen LogP contribution < -0.4 is 5.43 Å². The maximum atomic E-state index is 5.23. The first-order chi connectivity index (χ1) is 9.92. The monoisotopic (exact) mass is 264 g/mol. The van der Waals surface area contributed by atoms with Crippen LogP contribution in [0.5, 0.6) is 0 Å². The summed E-state index contributed by atoms with van der Waals surface area (Å²) in [5.41, 5.74) is 5.84. The van der Waals surface area contributed by atoms with Crippen LogP contribution in [0.2, 0.25) is 0 Å². The summed E-state index contributed by atoms with van der Waals surface area (Å²) in [6, 6.07) is 11.5. The van der Waals surface area contributed by atoms with Gasteiger partial charge in [-0.15, -0.1) is 0 Å². The molecule has 0 spiro atoms. The van der Waals surface area contributed by atoms with Crippen molar-refractivity contribution in [2.24, 2.45) is 5.10 Å². The molecule has 1 N–H and O–H groups in total. The van der Waals surface area contributed by atoms with E-state index in [-0.39, 0.29) is 0 Å². The first-order valence-corrected chi connectivity index (χ1v) is 6.10. The van der Waals surface area contributed by atoms with Gasteiger partial charge in [0.2, 0.25) is 0 Å². The molecule has 0 fully saturated rings. The Morgan fingerprint density at radius 2 is 1.80 bits per heavy atom. The van der Waals surface area contributed by atoms with Gasteiger partial charge in [0.05, 0.1) is 18.1 Å². The van der Waals surface area contributed by atoms with Crippen molar-refractivity contribution in [1.29, 1.82) is 0 Å². The molecule has 0 atom stereocenters. The fraction of sp³-hybridized carbons (Fsp3) is 0. The molecule has 5 heteroatoms. The molecule has 0 aliphatic carbocycles. The Kier molecular flexibility index (Phi) is 3.51. The second-order valence-corrected chi connectivity index (χ2v) is 4.09. The topological polar surface area (TPSA) is 63.3 Å². The third-order valence-corrected chi connectivity index (χ3v) is 2.72. The van der Waals surface area contributed by atoms with E-state index in [2.05, 4.69) is 20.5 Å². The van der Waals surface area contributed by atoms with Crippen molar-refractivity contribution in [3.8, 4) is 11.3 Å². The number of nitrogens with zero attached hydrogens (tertiary/aromatic N) is 3. The van der Waals surface area contributed by atoms with Crippen LogP contribution in [0, 0.1) is 0 Å². The normalized spacial score (nSPS) is 10.8. The Morgan fingerprint density at radius 3 is 2.50 bits per heavy atom. The first-order valence-electron chi connectivity index (χ1n) is 6.10. The van der Waals surface area contributed by atoms with Crippen LogP contribution in [0.15, 0.2) is 70.9 Å². The zero-order valence-electron chi connectivity index (χ0n) is 10.6. The lowest BCUT2D eigenvalue weighted by molar-refractivity contribution is 0.572. The van der Waals surface area contributed by atoms with E-state index in [0.717, 1.165) is 22.6 Å². The van der Waals surface area contributed by atoms with Gasteiger partial charge in [0.15, 0.2) is 12.2 Å². The van der Waals surface area contributed by atoms with Crippen LogP contribution >= 0.6 is 0 Å². The molecule has 0 radical (unpaired) electrons. The molecule has 5 nitrogen and oxygen atoms in total. The van der Waals surface area contributed by atoms with E-state index in [1.54, 1.807) is 24.8 Å². The van der Waals surface area contributed by atoms with Crippen molar-refractivity contribution < 1.29 is 4.42 Å². The number of hydrogen-bond acceptors (Lipinski definition) is 5. The molecule has 0 aliphatic heterocycles. The summed E-state index contributed by atoms with van der Waals surface area (Å²) in [4.78, 5) is 7.84. The smallest absolute Gasteiger partial charge is 0.181 e.